The van der Waals surface area contributed by atoms with Gasteiger partial charge in [0.05, 0.1) is 6.10 Å². The van der Waals surface area contributed by atoms with E-state index in [9.17, 15) is 5.11 Å². The van der Waals surface area contributed by atoms with Gasteiger partial charge in [0.25, 0.3) is 0 Å². The van der Waals surface area contributed by atoms with Crippen molar-refractivity contribution in [2.45, 2.75) is 25.9 Å². The summed E-state index contributed by atoms with van der Waals surface area (Å²) in [6.45, 7) is 3.77. The normalized spacial score (nSPS) is 12.5. The Bertz CT molecular complexity index is 309. The maximum atomic E-state index is 9.97. The topological polar surface area (TPSA) is 35.5 Å². The minimum absolute atomic E-state index is 0.414. The van der Waals surface area contributed by atoms with Crippen molar-refractivity contribution in [1.29, 1.82) is 0 Å². The average Bonchev–Trinajstić information content (AvgIpc) is 2.34. The van der Waals surface area contributed by atoms with Gasteiger partial charge in [0.2, 0.25) is 0 Å². The van der Waals surface area contributed by atoms with E-state index in [2.05, 4.69) is 17.1 Å². The molecule has 1 atom stereocenters. The van der Waals surface area contributed by atoms with E-state index in [0.29, 0.717) is 6.54 Å². The van der Waals surface area contributed by atoms with Gasteiger partial charge in [-0.15, -0.1) is 0 Å². The number of rotatable bonds is 7. The lowest BCUT2D eigenvalue weighted by molar-refractivity contribution is 0.175. The van der Waals surface area contributed by atoms with Crippen molar-refractivity contribution in [3.8, 4) is 0 Å². The third-order valence-electron chi connectivity index (χ3n) is 2.84. The molecule has 1 aromatic carbocycles. The lowest BCUT2D eigenvalue weighted by Gasteiger charge is -2.15. The molecule has 0 bridgehead atoms. The van der Waals surface area contributed by atoms with Gasteiger partial charge < -0.3 is 15.3 Å². The zero-order valence-corrected chi connectivity index (χ0v) is 11.1. The second-order valence-corrected chi connectivity index (χ2v) is 4.56. The SMILES string of the molecule is CCCCNCC(O)c1ccc(N(C)C)cc1. The molecule has 3 nitrogen and oxygen atoms in total. The molecule has 1 aromatic rings. The number of nitrogens with zero attached hydrogens (tertiary/aromatic N) is 1. The number of nitrogens with one attached hydrogen (secondary N) is 1. The zero-order chi connectivity index (χ0) is 12.7. The van der Waals surface area contributed by atoms with Crippen LogP contribution in [0.3, 0.4) is 0 Å². The molecule has 0 aliphatic carbocycles. The van der Waals surface area contributed by atoms with Gasteiger partial charge in [0.1, 0.15) is 0 Å². The van der Waals surface area contributed by atoms with E-state index in [1.807, 2.05) is 38.4 Å². The first-order valence-corrected chi connectivity index (χ1v) is 6.31. The van der Waals surface area contributed by atoms with Gasteiger partial charge >= 0.3 is 0 Å². The van der Waals surface area contributed by atoms with Gasteiger partial charge in [0, 0.05) is 26.3 Å². The summed E-state index contributed by atoms with van der Waals surface area (Å²) in [6, 6.07) is 8.04. The van der Waals surface area contributed by atoms with Crippen LogP contribution in [0.2, 0.25) is 0 Å². The van der Waals surface area contributed by atoms with E-state index in [-0.39, 0.29) is 0 Å². The van der Waals surface area contributed by atoms with E-state index >= 15 is 0 Å². The lowest BCUT2D eigenvalue weighted by atomic mass is 10.1. The molecule has 96 valence electrons. The van der Waals surface area contributed by atoms with Crippen LogP contribution in [0.25, 0.3) is 0 Å². The summed E-state index contributed by atoms with van der Waals surface area (Å²) in [5, 5.41) is 13.2. The Morgan fingerprint density at radius 3 is 2.41 bits per heavy atom. The minimum atomic E-state index is -0.414. The van der Waals surface area contributed by atoms with Crippen molar-refractivity contribution in [2.75, 3.05) is 32.1 Å². The molecule has 17 heavy (non-hydrogen) atoms. The molecule has 0 aliphatic heterocycles. The van der Waals surface area contributed by atoms with Crippen LogP contribution in [-0.2, 0) is 0 Å². The summed E-state index contributed by atoms with van der Waals surface area (Å²) in [6.07, 6.45) is 1.93. The molecule has 0 aromatic heterocycles. The lowest BCUT2D eigenvalue weighted by Crippen LogP contribution is -2.22. The summed E-state index contributed by atoms with van der Waals surface area (Å²) in [7, 11) is 4.02. The molecule has 0 heterocycles. The molecule has 2 N–H and O–H groups in total. The number of unbranched alkanes of at least 4 members (excludes halogenated alkanes) is 1. The quantitative estimate of drug-likeness (QED) is 0.712. The Morgan fingerprint density at radius 1 is 1.24 bits per heavy atom. The Balaban J connectivity index is 2.43. The Labute approximate surface area is 104 Å². The van der Waals surface area contributed by atoms with E-state index < -0.39 is 6.10 Å². The summed E-state index contributed by atoms with van der Waals surface area (Å²) in [5.41, 5.74) is 2.12. The van der Waals surface area contributed by atoms with Crippen LogP contribution in [0.4, 0.5) is 5.69 Å². The molecule has 0 saturated carbocycles. The summed E-state index contributed by atoms with van der Waals surface area (Å²) in [4.78, 5) is 2.05. The molecular weight excluding hydrogens is 212 g/mol. The first-order chi connectivity index (χ1) is 8.15. The molecular formula is C14H24N2O. The van der Waals surface area contributed by atoms with Crippen LogP contribution in [0.5, 0.6) is 0 Å². The van der Waals surface area contributed by atoms with E-state index in [4.69, 9.17) is 0 Å². The van der Waals surface area contributed by atoms with E-state index in [0.717, 1.165) is 24.2 Å². The monoisotopic (exact) mass is 236 g/mol. The Kier molecular flexibility index (Phi) is 6.01. The molecule has 0 radical (unpaired) electrons. The van der Waals surface area contributed by atoms with Gasteiger partial charge in [-0.3, -0.25) is 0 Å². The maximum Gasteiger partial charge on any atom is 0.0914 e. The average molecular weight is 236 g/mol. The van der Waals surface area contributed by atoms with Crippen molar-refractivity contribution < 1.29 is 5.11 Å². The molecule has 0 aliphatic rings. The highest BCUT2D eigenvalue weighted by Gasteiger charge is 2.06. The van der Waals surface area contributed by atoms with Crippen molar-refractivity contribution in [1.82, 2.24) is 5.32 Å². The predicted molar refractivity (Wildman–Crippen MR) is 73.5 cm³/mol. The second-order valence-electron chi connectivity index (χ2n) is 4.56. The number of benzene rings is 1. The van der Waals surface area contributed by atoms with Crippen LogP contribution in [0, 0.1) is 0 Å². The van der Waals surface area contributed by atoms with E-state index in [1.54, 1.807) is 0 Å². The van der Waals surface area contributed by atoms with Crippen molar-refractivity contribution >= 4 is 5.69 Å². The standard InChI is InChI=1S/C14H24N2O/c1-4-5-10-15-11-14(17)12-6-8-13(9-7-12)16(2)3/h6-9,14-15,17H,4-5,10-11H2,1-3H3. The number of aliphatic hydroxyl groups is 1. The molecule has 3 heteroatoms. The summed E-state index contributed by atoms with van der Waals surface area (Å²) in [5.74, 6) is 0. The van der Waals surface area contributed by atoms with E-state index in [1.165, 1.54) is 6.42 Å². The number of anilines is 1. The molecule has 0 saturated heterocycles. The minimum Gasteiger partial charge on any atom is -0.387 e. The fraction of sp³-hybridized carbons (Fsp3) is 0.571. The largest absolute Gasteiger partial charge is 0.387 e. The maximum absolute atomic E-state index is 9.97. The first kappa shape index (κ1) is 14.0. The predicted octanol–water partition coefficient (Wildman–Crippen LogP) is 2.18. The third kappa shape index (κ3) is 4.75. The smallest absolute Gasteiger partial charge is 0.0914 e. The fourth-order valence-corrected chi connectivity index (χ4v) is 1.65. The van der Waals surface area contributed by atoms with Gasteiger partial charge in [-0.25, -0.2) is 0 Å². The van der Waals surface area contributed by atoms with Gasteiger partial charge in [-0.05, 0) is 30.7 Å². The molecule has 0 amide bonds. The molecule has 0 fully saturated rings. The summed E-state index contributed by atoms with van der Waals surface area (Å²) >= 11 is 0. The van der Waals surface area contributed by atoms with Gasteiger partial charge in [-0.2, -0.15) is 0 Å². The third-order valence-corrected chi connectivity index (χ3v) is 2.84. The second kappa shape index (κ2) is 7.30. The highest BCUT2D eigenvalue weighted by molar-refractivity contribution is 5.46. The molecule has 1 unspecified atom stereocenters. The fourth-order valence-electron chi connectivity index (χ4n) is 1.65. The molecule has 1 rings (SSSR count). The van der Waals surface area contributed by atoms with Crippen LogP contribution in [0.15, 0.2) is 24.3 Å². The number of aliphatic hydroxyl groups excluding tert-OH is 1. The zero-order valence-electron chi connectivity index (χ0n) is 11.1. The number of hydrogen-bond acceptors (Lipinski definition) is 3. The van der Waals surface area contributed by atoms with Gasteiger partial charge in [0.15, 0.2) is 0 Å². The molecule has 0 spiro atoms. The van der Waals surface area contributed by atoms with Crippen molar-refractivity contribution in [3.05, 3.63) is 29.8 Å². The highest BCUT2D eigenvalue weighted by atomic mass is 16.3. The first-order valence-electron chi connectivity index (χ1n) is 6.31. The highest BCUT2D eigenvalue weighted by Crippen LogP contribution is 2.17. The van der Waals surface area contributed by atoms with Crippen LogP contribution >= 0.6 is 0 Å². The number of hydrogen-bond donors (Lipinski definition) is 2. The summed E-state index contributed by atoms with van der Waals surface area (Å²) < 4.78 is 0. The van der Waals surface area contributed by atoms with Gasteiger partial charge in [-0.1, -0.05) is 25.5 Å². The van der Waals surface area contributed by atoms with Crippen molar-refractivity contribution in [2.24, 2.45) is 0 Å². The van der Waals surface area contributed by atoms with Crippen LogP contribution < -0.4 is 10.2 Å². The Hall–Kier alpha value is -1.06. The van der Waals surface area contributed by atoms with Crippen molar-refractivity contribution in [3.63, 3.8) is 0 Å². The Morgan fingerprint density at radius 2 is 1.88 bits per heavy atom. The van der Waals surface area contributed by atoms with Crippen LogP contribution in [0.1, 0.15) is 31.4 Å². The van der Waals surface area contributed by atoms with Crippen LogP contribution in [-0.4, -0.2) is 32.3 Å².